The molecule has 0 aliphatic carbocycles. The molecular weight excluding hydrogens is 162 g/mol. The summed E-state index contributed by atoms with van der Waals surface area (Å²) in [6.07, 6.45) is 1.49. The van der Waals surface area contributed by atoms with Crippen molar-refractivity contribution in [2.75, 3.05) is 19.8 Å². The fourth-order valence-corrected chi connectivity index (χ4v) is 1.31. The molecule has 0 fully saturated rings. The summed E-state index contributed by atoms with van der Waals surface area (Å²) in [5.41, 5.74) is 5.35. The third kappa shape index (κ3) is 1.68. The molecular formula is C6H9N3OS. The molecule has 5 heteroatoms. The van der Waals surface area contributed by atoms with Crippen LogP contribution in [0.5, 0.6) is 0 Å². The number of hydrogen-bond acceptors (Lipinski definition) is 4. The van der Waals surface area contributed by atoms with Crippen LogP contribution in [0.3, 0.4) is 0 Å². The molecule has 0 aliphatic heterocycles. The predicted molar refractivity (Wildman–Crippen MR) is 44.5 cm³/mol. The molecule has 1 aromatic heterocycles. The maximum atomic E-state index is 11.2. The third-order valence-electron chi connectivity index (χ3n) is 1.14. The fourth-order valence-electron chi connectivity index (χ4n) is 0.607. The summed E-state index contributed by atoms with van der Waals surface area (Å²) in [5.74, 6) is -0.0563. The van der Waals surface area contributed by atoms with Gasteiger partial charge >= 0.3 is 0 Å². The van der Waals surface area contributed by atoms with Crippen molar-refractivity contribution >= 4 is 22.4 Å². The van der Waals surface area contributed by atoms with E-state index in [0.29, 0.717) is 10.0 Å². The molecule has 0 bridgehead atoms. The van der Waals surface area contributed by atoms with E-state index >= 15 is 0 Å². The highest BCUT2D eigenvalue weighted by molar-refractivity contribution is 7.17. The minimum atomic E-state index is -0.0563. The van der Waals surface area contributed by atoms with Gasteiger partial charge in [-0.2, -0.15) is 0 Å². The molecule has 0 saturated carbocycles. The van der Waals surface area contributed by atoms with Gasteiger partial charge < -0.3 is 10.6 Å². The first-order chi connectivity index (χ1) is 5.11. The number of nitrogens with two attached hydrogens (primary N) is 1. The number of anilines is 1. The Morgan fingerprint density at radius 3 is 2.73 bits per heavy atom. The lowest BCUT2D eigenvalue weighted by molar-refractivity contribution is 0.0832. The highest BCUT2D eigenvalue weighted by atomic mass is 32.1. The molecule has 0 spiro atoms. The van der Waals surface area contributed by atoms with Crippen LogP contribution < -0.4 is 5.73 Å². The van der Waals surface area contributed by atoms with E-state index in [-0.39, 0.29) is 5.91 Å². The van der Waals surface area contributed by atoms with E-state index in [1.165, 1.54) is 22.4 Å². The second-order valence-corrected chi connectivity index (χ2v) is 3.32. The molecule has 4 nitrogen and oxygen atoms in total. The van der Waals surface area contributed by atoms with E-state index in [2.05, 4.69) is 4.98 Å². The number of nitrogen functional groups attached to an aromatic ring is 1. The van der Waals surface area contributed by atoms with Gasteiger partial charge in [-0.3, -0.25) is 4.79 Å². The zero-order valence-electron chi connectivity index (χ0n) is 6.37. The van der Waals surface area contributed by atoms with E-state index in [1.54, 1.807) is 14.1 Å². The van der Waals surface area contributed by atoms with Gasteiger partial charge in [0.15, 0.2) is 5.13 Å². The first-order valence-electron chi connectivity index (χ1n) is 3.04. The number of aromatic nitrogens is 1. The molecule has 0 radical (unpaired) electrons. The van der Waals surface area contributed by atoms with Gasteiger partial charge in [-0.1, -0.05) is 11.3 Å². The zero-order chi connectivity index (χ0) is 8.43. The van der Waals surface area contributed by atoms with Gasteiger partial charge in [0.05, 0.1) is 6.20 Å². The van der Waals surface area contributed by atoms with Gasteiger partial charge in [0.2, 0.25) is 0 Å². The van der Waals surface area contributed by atoms with Crippen molar-refractivity contribution in [3.63, 3.8) is 0 Å². The molecule has 1 rings (SSSR count). The summed E-state index contributed by atoms with van der Waals surface area (Å²) in [7, 11) is 3.39. The molecule has 2 N–H and O–H groups in total. The number of carbonyl (C=O) groups is 1. The second-order valence-electron chi connectivity index (χ2n) is 2.26. The molecule has 0 unspecified atom stereocenters. The van der Waals surface area contributed by atoms with Crippen LogP contribution in [0.4, 0.5) is 5.13 Å². The number of thiazole rings is 1. The third-order valence-corrected chi connectivity index (χ3v) is 1.96. The molecule has 0 aliphatic rings. The van der Waals surface area contributed by atoms with Crippen molar-refractivity contribution in [3.8, 4) is 0 Å². The predicted octanol–water partition coefficient (Wildman–Crippen LogP) is 0.427. The molecule has 0 aromatic carbocycles. The van der Waals surface area contributed by atoms with E-state index in [0.717, 1.165) is 0 Å². The first kappa shape index (κ1) is 8.00. The van der Waals surface area contributed by atoms with Crippen LogP contribution in [-0.4, -0.2) is 29.9 Å². The maximum Gasteiger partial charge on any atom is 0.265 e. The van der Waals surface area contributed by atoms with E-state index in [4.69, 9.17) is 5.73 Å². The monoisotopic (exact) mass is 171 g/mol. The van der Waals surface area contributed by atoms with Gasteiger partial charge in [0.1, 0.15) is 4.88 Å². The highest BCUT2D eigenvalue weighted by Gasteiger charge is 2.10. The minimum Gasteiger partial charge on any atom is -0.375 e. The van der Waals surface area contributed by atoms with Crippen LogP contribution in [0.15, 0.2) is 6.20 Å². The van der Waals surface area contributed by atoms with E-state index in [9.17, 15) is 4.79 Å². The smallest absolute Gasteiger partial charge is 0.265 e. The molecule has 1 amide bonds. The lowest BCUT2D eigenvalue weighted by Gasteiger charge is -2.06. The summed E-state index contributed by atoms with van der Waals surface area (Å²) in [4.78, 5) is 17.0. The van der Waals surface area contributed by atoms with Crippen molar-refractivity contribution in [2.24, 2.45) is 0 Å². The van der Waals surface area contributed by atoms with Crippen molar-refractivity contribution < 1.29 is 4.79 Å². The van der Waals surface area contributed by atoms with Crippen LogP contribution in [0, 0.1) is 0 Å². The maximum absolute atomic E-state index is 11.2. The summed E-state index contributed by atoms with van der Waals surface area (Å²) in [5, 5.41) is 0.426. The largest absolute Gasteiger partial charge is 0.375 e. The van der Waals surface area contributed by atoms with Crippen LogP contribution in [0.25, 0.3) is 0 Å². The number of rotatable bonds is 1. The van der Waals surface area contributed by atoms with Crippen LogP contribution in [0.1, 0.15) is 9.67 Å². The topological polar surface area (TPSA) is 59.2 Å². The van der Waals surface area contributed by atoms with Crippen LogP contribution in [-0.2, 0) is 0 Å². The number of nitrogens with zero attached hydrogens (tertiary/aromatic N) is 2. The number of carbonyl (C=O) groups excluding carboxylic acids is 1. The summed E-state index contributed by atoms with van der Waals surface area (Å²) < 4.78 is 0. The van der Waals surface area contributed by atoms with Crippen molar-refractivity contribution in [2.45, 2.75) is 0 Å². The van der Waals surface area contributed by atoms with Gasteiger partial charge in [0, 0.05) is 14.1 Å². The molecule has 1 heterocycles. The number of hydrogen-bond donors (Lipinski definition) is 1. The lowest BCUT2D eigenvalue weighted by Crippen LogP contribution is -2.20. The Hall–Kier alpha value is -1.10. The van der Waals surface area contributed by atoms with Crippen molar-refractivity contribution in [3.05, 3.63) is 11.1 Å². The minimum absolute atomic E-state index is 0.0563. The standard InChI is InChI=1S/C6H9N3OS/c1-9(2)5(10)4-3-8-6(7)11-4/h3H,1-2H3,(H2,7,8). The first-order valence-corrected chi connectivity index (χ1v) is 3.86. The van der Waals surface area contributed by atoms with E-state index in [1.807, 2.05) is 0 Å². The molecule has 1 aromatic rings. The van der Waals surface area contributed by atoms with Gasteiger partial charge in [0.25, 0.3) is 5.91 Å². The Kier molecular flexibility index (Phi) is 2.09. The van der Waals surface area contributed by atoms with Crippen molar-refractivity contribution in [1.29, 1.82) is 0 Å². The molecule has 60 valence electrons. The summed E-state index contributed by atoms with van der Waals surface area (Å²) in [6.45, 7) is 0. The normalized spacial score (nSPS) is 9.64. The van der Waals surface area contributed by atoms with E-state index < -0.39 is 0 Å². The Labute approximate surface area is 68.6 Å². The highest BCUT2D eigenvalue weighted by Crippen LogP contribution is 2.15. The van der Waals surface area contributed by atoms with Crippen molar-refractivity contribution in [1.82, 2.24) is 9.88 Å². The summed E-state index contributed by atoms with van der Waals surface area (Å²) in [6, 6.07) is 0. The van der Waals surface area contributed by atoms with Crippen LogP contribution in [0.2, 0.25) is 0 Å². The molecule has 0 saturated heterocycles. The Balaban J connectivity index is 2.85. The lowest BCUT2D eigenvalue weighted by atomic mass is 10.5. The Morgan fingerprint density at radius 2 is 2.36 bits per heavy atom. The fraction of sp³-hybridized carbons (Fsp3) is 0.333. The van der Waals surface area contributed by atoms with Gasteiger partial charge in [-0.15, -0.1) is 0 Å². The molecule has 11 heavy (non-hydrogen) atoms. The van der Waals surface area contributed by atoms with Gasteiger partial charge in [-0.25, -0.2) is 4.98 Å². The SMILES string of the molecule is CN(C)C(=O)c1cnc(N)s1. The Morgan fingerprint density at radius 1 is 1.73 bits per heavy atom. The molecule has 0 atom stereocenters. The second kappa shape index (κ2) is 2.87. The van der Waals surface area contributed by atoms with Gasteiger partial charge in [-0.05, 0) is 0 Å². The number of amides is 1. The quantitative estimate of drug-likeness (QED) is 0.666. The van der Waals surface area contributed by atoms with Crippen LogP contribution >= 0.6 is 11.3 Å². The average Bonchev–Trinajstić information content (AvgIpc) is 2.34. The average molecular weight is 171 g/mol. The zero-order valence-corrected chi connectivity index (χ0v) is 7.18. The summed E-state index contributed by atoms with van der Waals surface area (Å²) >= 11 is 1.20. The Bertz CT molecular complexity index is 269.